The fourth-order valence-electron chi connectivity index (χ4n) is 7.12. The van der Waals surface area contributed by atoms with Crippen molar-refractivity contribution in [3.05, 3.63) is 60.8 Å². The van der Waals surface area contributed by atoms with Crippen LogP contribution in [0.2, 0.25) is 0 Å². The minimum absolute atomic E-state index is 0.0505. The van der Waals surface area contributed by atoms with Crippen molar-refractivity contribution in [1.29, 1.82) is 0 Å². The van der Waals surface area contributed by atoms with E-state index in [1.165, 1.54) is 89.9 Å². The highest BCUT2D eigenvalue weighted by Crippen LogP contribution is 2.15. The van der Waals surface area contributed by atoms with Crippen LogP contribution in [0.4, 0.5) is 0 Å². The summed E-state index contributed by atoms with van der Waals surface area (Å²) in [6, 6.07) is -0.621. The topological polar surface area (TPSA) is 99.1 Å². The maximum atomic E-state index is 12.8. The third kappa shape index (κ3) is 42.1. The Morgan fingerprint density at radius 3 is 1.36 bits per heavy atom. The average Bonchev–Trinajstić information content (AvgIpc) is 3.22. The molecule has 0 rings (SSSR count). The third-order valence-electron chi connectivity index (χ3n) is 10.9. The number of quaternary nitrogens is 1. The van der Waals surface area contributed by atoms with Gasteiger partial charge in [-0.25, -0.2) is 4.79 Å². The minimum Gasteiger partial charge on any atom is -0.477 e. The molecule has 0 saturated heterocycles. The minimum atomic E-state index is -0.879. The molecule has 0 aliphatic heterocycles. The predicted octanol–water partition coefficient (Wildman–Crippen LogP) is 14.1. The van der Waals surface area contributed by atoms with Crippen molar-refractivity contribution < 1.29 is 38.2 Å². The van der Waals surface area contributed by atoms with E-state index in [9.17, 15) is 19.5 Å². The summed E-state index contributed by atoms with van der Waals surface area (Å²) in [5, 5.41) is 9.65. The summed E-state index contributed by atoms with van der Waals surface area (Å²) in [5.41, 5.74) is 0. The standard InChI is InChI=1S/C53H93NO7/c1-6-8-10-12-14-16-18-20-22-24-25-26-28-30-32-34-36-38-40-42-44-52(56)61-49(47-59-46-45-50(53(57)58)54(3,4)5)48-60-51(55)43-41-39-37-35-33-31-29-27-23-21-19-17-15-13-11-9-7-2/h8,10,14,16,20,22,25-26,30,32,49-50H,6-7,9,11-13,15,17-19,21,23-24,27-29,31,33-48H2,1-5H3/p+1/b10-8+,16-14+,22-20+,26-25+,32-30+. The molecule has 0 heterocycles. The molecule has 0 fully saturated rings. The van der Waals surface area contributed by atoms with Crippen LogP contribution < -0.4 is 0 Å². The van der Waals surface area contributed by atoms with Gasteiger partial charge in [-0.3, -0.25) is 9.59 Å². The van der Waals surface area contributed by atoms with Crippen molar-refractivity contribution in [1.82, 2.24) is 0 Å². The number of rotatable bonds is 44. The Bertz CT molecular complexity index is 1180. The molecule has 0 aliphatic carbocycles. The number of allylic oxidation sites excluding steroid dienone is 10. The van der Waals surface area contributed by atoms with Gasteiger partial charge < -0.3 is 23.8 Å². The highest BCUT2D eigenvalue weighted by molar-refractivity contribution is 5.72. The quantitative estimate of drug-likeness (QED) is 0.0282. The first-order valence-electron chi connectivity index (χ1n) is 24.8. The van der Waals surface area contributed by atoms with Gasteiger partial charge >= 0.3 is 17.9 Å². The summed E-state index contributed by atoms with van der Waals surface area (Å²) >= 11 is 0. The van der Waals surface area contributed by atoms with E-state index in [1.807, 2.05) is 21.1 Å². The van der Waals surface area contributed by atoms with Gasteiger partial charge in [-0.05, 0) is 57.8 Å². The molecule has 2 atom stereocenters. The zero-order valence-corrected chi connectivity index (χ0v) is 40.1. The molecule has 1 N–H and O–H groups in total. The first kappa shape index (κ1) is 58.0. The van der Waals surface area contributed by atoms with Crippen molar-refractivity contribution in [2.75, 3.05) is 41.0 Å². The average molecular weight is 857 g/mol. The van der Waals surface area contributed by atoms with Crippen LogP contribution in [0.3, 0.4) is 0 Å². The Labute approximate surface area is 375 Å². The molecule has 61 heavy (non-hydrogen) atoms. The fraction of sp³-hybridized carbons (Fsp3) is 0.755. The third-order valence-corrected chi connectivity index (χ3v) is 10.9. The molecular weight excluding hydrogens is 763 g/mol. The highest BCUT2D eigenvalue weighted by atomic mass is 16.6. The van der Waals surface area contributed by atoms with Crippen molar-refractivity contribution in [2.45, 2.75) is 219 Å². The number of hydrogen-bond donors (Lipinski definition) is 1. The molecule has 0 amide bonds. The Hall–Kier alpha value is -2.97. The van der Waals surface area contributed by atoms with E-state index in [2.05, 4.69) is 74.6 Å². The fourth-order valence-corrected chi connectivity index (χ4v) is 7.12. The number of unbranched alkanes of at least 4 members (excludes halogenated alkanes) is 20. The molecule has 352 valence electrons. The molecule has 0 aromatic rings. The second-order valence-corrected chi connectivity index (χ2v) is 17.7. The first-order chi connectivity index (χ1) is 29.6. The van der Waals surface area contributed by atoms with Crippen molar-refractivity contribution in [3.63, 3.8) is 0 Å². The number of aliphatic carboxylic acids is 1. The number of ether oxygens (including phenoxy) is 3. The monoisotopic (exact) mass is 857 g/mol. The zero-order valence-electron chi connectivity index (χ0n) is 40.1. The molecule has 0 aromatic heterocycles. The SMILES string of the molecule is CC/C=C/C/C=C/C/C=C/C/C=C/C/C=C/CCCCCCC(=O)OC(COCCC(C(=O)O)[N+](C)(C)C)COC(=O)CCCCCCCCCCCCCCCCCCC. The summed E-state index contributed by atoms with van der Waals surface area (Å²) in [6.45, 7) is 4.61. The smallest absolute Gasteiger partial charge is 0.362 e. The highest BCUT2D eigenvalue weighted by Gasteiger charge is 2.31. The molecule has 0 spiro atoms. The molecule has 0 aromatic carbocycles. The molecule has 8 nitrogen and oxygen atoms in total. The van der Waals surface area contributed by atoms with Crippen LogP contribution in [-0.2, 0) is 28.6 Å². The van der Waals surface area contributed by atoms with Crippen molar-refractivity contribution >= 4 is 17.9 Å². The lowest BCUT2D eigenvalue weighted by Gasteiger charge is -2.31. The Balaban J connectivity index is 4.32. The van der Waals surface area contributed by atoms with Gasteiger partial charge in [0.25, 0.3) is 0 Å². The number of nitrogens with zero attached hydrogens (tertiary/aromatic N) is 1. The van der Waals surface area contributed by atoms with Gasteiger partial charge in [-0.15, -0.1) is 0 Å². The maximum absolute atomic E-state index is 12.8. The summed E-state index contributed by atoms with van der Waals surface area (Å²) in [4.78, 5) is 37.1. The van der Waals surface area contributed by atoms with E-state index in [0.717, 1.165) is 83.5 Å². The summed E-state index contributed by atoms with van der Waals surface area (Å²) in [6.07, 6.45) is 54.1. The lowest BCUT2D eigenvalue weighted by Crippen LogP contribution is -2.50. The van der Waals surface area contributed by atoms with Gasteiger partial charge in [0.05, 0.1) is 34.4 Å². The van der Waals surface area contributed by atoms with E-state index in [0.29, 0.717) is 19.3 Å². The Kier molecular flexibility index (Phi) is 41.5. The number of carboxylic acids is 1. The molecule has 2 unspecified atom stereocenters. The van der Waals surface area contributed by atoms with Gasteiger partial charge in [-0.2, -0.15) is 0 Å². The van der Waals surface area contributed by atoms with E-state index < -0.39 is 18.1 Å². The van der Waals surface area contributed by atoms with Gasteiger partial charge in [0.1, 0.15) is 6.61 Å². The lowest BCUT2D eigenvalue weighted by atomic mass is 10.0. The van der Waals surface area contributed by atoms with Crippen LogP contribution in [-0.4, -0.2) is 80.6 Å². The Morgan fingerprint density at radius 1 is 0.508 bits per heavy atom. The second kappa shape index (κ2) is 43.7. The predicted molar refractivity (Wildman–Crippen MR) is 257 cm³/mol. The van der Waals surface area contributed by atoms with Gasteiger partial charge in [0.15, 0.2) is 12.1 Å². The normalized spacial score (nSPS) is 13.4. The first-order valence-corrected chi connectivity index (χ1v) is 24.8. The van der Waals surface area contributed by atoms with E-state index in [1.54, 1.807) is 0 Å². The molecule has 0 radical (unpaired) electrons. The maximum Gasteiger partial charge on any atom is 0.362 e. The molecule has 0 aliphatic rings. The van der Waals surface area contributed by atoms with E-state index in [4.69, 9.17) is 14.2 Å². The summed E-state index contributed by atoms with van der Waals surface area (Å²) < 4.78 is 17.3. The lowest BCUT2D eigenvalue weighted by molar-refractivity contribution is -0.887. The molecule has 8 heteroatoms. The van der Waals surface area contributed by atoms with Gasteiger partial charge in [-0.1, -0.05) is 190 Å². The number of hydrogen-bond acceptors (Lipinski definition) is 6. The van der Waals surface area contributed by atoms with Crippen LogP contribution in [0.5, 0.6) is 0 Å². The number of carboxylic acid groups (broad SMARTS) is 1. The summed E-state index contributed by atoms with van der Waals surface area (Å²) in [7, 11) is 5.52. The Morgan fingerprint density at radius 2 is 0.918 bits per heavy atom. The molecular formula is C53H94NO7+. The number of esters is 2. The number of likely N-dealkylation sites (N-methyl/N-ethyl adjacent to an activating group) is 1. The summed E-state index contributed by atoms with van der Waals surface area (Å²) in [5.74, 6) is -1.49. The largest absolute Gasteiger partial charge is 0.477 e. The van der Waals surface area contributed by atoms with Crippen molar-refractivity contribution in [2.24, 2.45) is 0 Å². The molecule has 0 saturated carbocycles. The number of carbonyl (C=O) groups is 3. The van der Waals surface area contributed by atoms with Gasteiger partial charge in [0, 0.05) is 19.3 Å². The van der Waals surface area contributed by atoms with Crippen LogP contribution >= 0.6 is 0 Å². The van der Waals surface area contributed by atoms with Gasteiger partial charge in [0.2, 0.25) is 0 Å². The van der Waals surface area contributed by atoms with E-state index in [-0.39, 0.29) is 36.2 Å². The van der Waals surface area contributed by atoms with Crippen molar-refractivity contribution in [3.8, 4) is 0 Å². The molecule has 0 bridgehead atoms. The number of carbonyl (C=O) groups excluding carboxylic acids is 2. The zero-order chi connectivity index (χ0) is 44.9. The second-order valence-electron chi connectivity index (χ2n) is 17.7. The van der Waals surface area contributed by atoms with Crippen LogP contribution in [0.1, 0.15) is 206 Å². The van der Waals surface area contributed by atoms with Crippen LogP contribution in [0.25, 0.3) is 0 Å². The van der Waals surface area contributed by atoms with Crippen LogP contribution in [0, 0.1) is 0 Å². The van der Waals surface area contributed by atoms with Crippen LogP contribution in [0.15, 0.2) is 60.8 Å². The van der Waals surface area contributed by atoms with E-state index >= 15 is 0 Å².